The van der Waals surface area contributed by atoms with Crippen molar-refractivity contribution in [1.82, 2.24) is 28.9 Å². The summed E-state index contributed by atoms with van der Waals surface area (Å²) in [5, 5.41) is 7.56. The zero-order valence-corrected chi connectivity index (χ0v) is 22.4. The Morgan fingerprint density at radius 3 is 2.64 bits per heavy atom. The molecule has 39 heavy (non-hydrogen) atoms. The van der Waals surface area contributed by atoms with Crippen LogP contribution in [0.5, 0.6) is 5.88 Å². The van der Waals surface area contributed by atoms with Crippen molar-refractivity contribution in [3.05, 3.63) is 76.1 Å². The van der Waals surface area contributed by atoms with Gasteiger partial charge < -0.3 is 9.47 Å². The molecule has 2 aliphatic heterocycles. The van der Waals surface area contributed by atoms with Crippen LogP contribution < -0.4 is 4.74 Å². The lowest BCUT2D eigenvalue weighted by molar-refractivity contribution is -0.166. The number of sulfonamides is 1. The third-order valence-corrected chi connectivity index (χ3v) is 8.98. The van der Waals surface area contributed by atoms with Crippen molar-refractivity contribution in [2.75, 3.05) is 19.8 Å². The Labute approximate surface area is 223 Å². The summed E-state index contributed by atoms with van der Waals surface area (Å²) in [5.41, 5.74) is 3.99. The lowest BCUT2D eigenvalue weighted by atomic mass is 10.0. The van der Waals surface area contributed by atoms with Gasteiger partial charge in [0.1, 0.15) is 4.90 Å². The summed E-state index contributed by atoms with van der Waals surface area (Å²) >= 11 is 0. The Balaban J connectivity index is 1.33. The highest BCUT2D eigenvalue weighted by Gasteiger charge is 2.49. The van der Waals surface area contributed by atoms with Gasteiger partial charge in [0.2, 0.25) is 21.7 Å². The SMILES string of the molecule is Cc1cnc2c(c1)S(=O)(=O)N(Cc1nc(Cc3ccn4c(C(F)F)nnc4c3C)ccc1C)CC1(COC1)O2. The summed E-state index contributed by atoms with van der Waals surface area (Å²) < 4.78 is 68.2. The zero-order chi connectivity index (χ0) is 27.5. The largest absolute Gasteiger partial charge is 0.464 e. The Hall–Kier alpha value is -3.55. The number of hydrogen-bond acceptors (Lipinski definition) is 8. The minimum absolute atomic E-state index is 0.0282. The summed E-state index contributed by atoms with van der Waals surface area (Å²) in [7, 11) is -3.94. The molecule has 0 saturated carbocycles. The summed E-state index contributed by atoms with van der Waals surface area (Å²) in [6, 6.07) is 7.10. The molecular formula is C26H26F2N6O4S. The Morgan fingerprint density at radius 1 is 1.13 bits per heavy atom. The van der Waals surface area contributed by atoms with E-state index in [-0.39, 0.29) is 37.1 Å². The van der Waals surface area contributed by atoms with Crippen LogP contribution in [0.4, 0.5) is 8.78 Å². The number of pyridine rings is 3. The second-order valence-corrected chi connectivity index (χ2v) is 12.0. The monoisotopic (exact) mass is 556 g/mol. The Morgan fingerprint density at radius 2 is 1.92 bits per heavy atom. The maximum atomic E-state index is 13.8. The quantitative estimate of drug-likeness (QED) is 0.368. The number of aromatic nitrogens is 5. The van der Waals surface area contributed by atoms with E-state index in [1.54, 1.807) is 32.2 Å². The van der Waals surface area contributed by atoms with Gasteiger partial charge in [-0.15, -0.1) is 10.2 Å². The van der Waals surface area contributed by atoms with Crippen LogP contribution in [0.3, 0.4) is 0 Å². The first-order chi connectivity index (χ1) is 18.6. The smallest absolute Gasteiger partial charge is 0.297 e. The molecule has 0 N–H and O–H groups in total. The summed E-state index contributed by atoms with van der Waals surface area (Å²) in [6.45, 7) is 6.14. The van der Waals surface area contributed by atoms with Gasteiger partial charge in [0.05, 0.1) is 32.0 Å². The molecule has 1 spiro atoms. The molecule has 1 saturated heterocycles. The molecule has 204 valence electrons. The van der Waals surface area contributed by atoms with E-state index < -0.39 is 27.9 Å². The van der Waals surface area contributed by atoms with Crippen LogP contribution in [0.25, 0.3) is 5.65 Å². The highest BCUT2D eigenvalue weighted by atomic mass is 32.2. The molecule has 4 aromatic heterocycles. The van der Waals surface area contributed by atoms with Gasteiger partial charge in [-0.3, -0.25) is 9.38 Å². The number of hydrogen-bond donors (Lipinski definition) is 0. The normalized spacial score (nSPS) is 18.1. The van der Waals surface area contributed by atoms with Crippen LogP contribution in [0.15, 0.2) is 41.6 Å². The van der Waals surface area contributed by atoms with Gasteiger partial charge in [-0.25, -0.2) is 22.2 Å². The number of aryl methyl sites for hydroxylation is 3. The van der Waals surface area contributed by atoms with E-state index in [9.17, 15) is 17.2 Å². The van der Waals surface area contributed by atoms with Gasteiger partial charge in [0, 0.05) is 24.5 Å². The van der Waals surface area contributed by atoms with Crippen molar-refractivity contribution < 1.29 is 26.7 Å². The minimum Gasteiger partial charge on any atom is -0.464 e. The van der Waals surface area contributed by atoms with E-state index in [2.05, 4.69) is 15.2 Å². The predicted octanol–water partition coefficient (Wildman–Crippen LogP) is 3.33. The third kappa shape index (κ3) is 4.43. The molecule has 0 bridgehead atoms. The minimum atomic E-state index is -3.94. The van der Waals surface area contributed by atoms with Crippen molar-refractivity contribution in [3.63, 3.8) is 0 Å². The van der Waals surface area contributed by atoms with Crippen LogP contribution in [-0.4, -0.2) is 62.6 Å². The average Bonchev–Trinajstić information content (AvgIpc) is 3.28. The summed E-state index contributed by atoms with van der Waals surface area (Å²) in [6.07, 6.45) is 0.793. The number of fused-ring (bicyclic) bond motifs is 2. The maximum absolute atomic E-state index is 13.8. The van der Waals surface area contributed by atoms with E-state index in [0.717, 1.165) is 16.7 Å². The zero-order valence-electron chi connectivity index (χ0n) is 21.6. The van der Waals surface area contributed by atoms with Crippen LogP contribution in [0, 0.1) is 20.8 Å². The number of alkyl halides is 2. The van der Waals surface area contributed by atoms with E-state index in [1.165, 1.54) is 14.9 Å². The van der Waals surface area contributed by atoms with E-state index in [1.807, 2.05) is 19.1 Å². The lowest BCUT2D eigenvalue weighted by Gasteiger charge is -2.41. The van der Waals surface area contributed by atoms with Crippen molar-refractivity contribution >= 4 is 15.7 Å². The fourth-order valence-corrected chi connectivity index (χ4v) is 6.54. The van der Waals surface area contributed by atoms with Crippen LogP contribution in [0.1, 0.15) is 45.9 Å². The molecule has 6 rings (SSSR count). The average molecular weight is 557 g/mol. The van der Waals surface area contributed by atoms with Crippen LogP contribution >= 0.6 is 0 Å². The highest BCUT2D eigenvalue weighted by molar-refractivity contribution is 7.89. The molecule has 6 heterocycles. The molecule has 13 heteroatoms. The molecule has 10 nitrogen and oxygen atoms in total. The molecule has 0 atom stereocenters. The van der Waals surface area contributed by atoms with E-state index in [4.69, 9.17) is 14.5 Å². The fourth-order valence-electron chi connectivity index (χ4n) is 4.91. The molecule has 0 amide bonds. The summed E-state index contributed by atoms with van der Waals surface area (Å²) in [5.74, 6) is -0.321. The van der Waals surface area contributed by atoms with Crippen LogP contribution in [0.2, 0.25) is 0 Å². The van der Waals surface area contributed by atoms with Crippen molar-refractivity contribution in [3.8, 4) is 5.88 Å². The fraction of sp³-hybridized carbons (Fsp3) is 0.385. The van der Waals surface area contributed by atoms with Gasteiger partial charge in [-0.2, -0.15) is 4.31 Å². The molecular weight excluding hydrogens is 530 g/mol. The van der Waals surface area contributed by atoms with Crippen molar-refractivity contribution in [1.29, 1.82) is 0 Å². The molecule has 4 aromatic rings. The third-order valence-electron chi connectivity index (χ3n) is 7.20. The topological polar surface area (TPSA) is 112 Å². The number of halogens is 2. The highest BCUT2D eigenvalue weighted by Crippen LogP contribution is 2.37. The van der Waals surface area contributed by atoms with E-state index >= 15 is 0 Å². The standard InChI is InChI=1S/C26H26F2N6O4S/c1-15-8-21-25(29-10-15)38-26(13-37-14-26)12-33(39(21,35)36)11-20-16(2)4-5-19(30-20)9-18-6-7-34-23(17(18)3)31-32-24(34)22(27)28/h4-8,10,22H,9,11-14H2,1-3H3. The van der Waals surface area contributed by atoms with Gasteiger partial charge >= 0.3 is 0 Å². The second kappa shape index (κ2) is 9.28. The van der Waals surface area contributed by atoms with Crippen LogP contribution in [-0.2, 0) is 27.7 Å². The summed E-state index contributed by atoms with van der Waals surface area (Å²) in [4.78, 5) is 9.11. The first-order valence-corrected chi connectivity index (χ1v) is 13.8. The Kier molecular flexibility index (Phi) is 6.12. The van der Waals surface area contributed by atoms with Gasteiger partial charge in [0.25, 0.3) is 6.43 Å². The second-order valence-electron chi connectivity index (χ2n) is 10.1. The molecule has 0 radical (unpaired) electrons. The van der Waals surface area contributed by atoms with Gasteiger partial charge in [-0.05, 0) is 61.2 Å². The molecule has 1 fully saturated rings. The predicted molar refractivity (Wildman–Crippen MR) is 135 cm³/mol. The van der Waals surface area contributed by atoms with E-state index in [0.29, 0.717) is 29.0 Å². The van der Waals surface area contributed by atoms with Gasteiger partial charge in [0.15, 0.2) is 11.2 Å². The first-order valence-electron chi connectivity index (χ1n) is 12.4. The lowest BCUT2D eigenvalue weighted by Crippen LogP contribution is -2.60. The first kappa shape index (κ1) is 25.7. The molecule has 0 aliphatic carbocycles. The number of rotatable bonds is 5. The maximum Gasteiger partial charge on any atom is 0.297 e. The number of nitrogens with zero attached hydrogens (tertiary/aromatic N) is 6. The van der Waals surface area contributed by atoms with Crippen molar-refractivity contribution in [2.45, 2.75) is 50.7 Å². The Bertz CT molecular complexity index is 1700. The molecule has 0 unspecified atom stereocenters. The number of ether oxygens (including phenoxy) is 2. The van der Waals surface area contributed by atoms with Gasteiger partial charge in [-0.1, -0.05) is 6.07 Å². The molecule has 2 aliphatic rings. The molecule has 0 aromatic carbocycles. The van der Waals surface area contributed by atoms with Crippen molar-refractivity contribution in [2.24, 2.45) is 0 Å².